The lowest BCUT2D eigenvalue weighted by Gasteiger charge is -2.15. The molecule has 2 aliphatic rings. The van der Waals surface area contributed by atoms with Crippen LogP contribution in [0.4, 0.5) is 0 Å². The Bertz CT molecular complexity index is 392. The molecule has 1 spiro atoms. The van der Waals surface area contributed by atoms with Crippen molar-refractivity contribution in [2.75, 3.05) is 6.61 Å². The summed E-state index contributed by atoms with van der Waals surface area (Å²) >= 11 is 0. The Hall–Kier alpha value is -1.18. The zero-order chi connectivity index (χ0) is 10.5. The number of fused-ring (bicyclic) bond motifs is 2. The first-order chi connectivity index (χ1) is 7.21. The molecular formula is C13H16O2. The van der Waals surface area contributed by atoms with E-state index in [-0.39, 0.29) is 6.10 Å². The summed E-state index contributed by atoms with van der Waals surface area (Å²) in [5.74, 6) is 2.06. The van der Waals surface area contributed by atoms with E-state index in [1.54, 1.807) is 0 Å². The second-order valence-electron chi connectivity index (χ2n) is 4.86. The largest absolute Gasteiger partial charge is 0.492 e. The number of rotatable bonds is 2. The number of hydrogen-bond donors (Lipinski definition) is 0. The molecule has 1 aromatic carbocycles. The second-order valence-corrected chi connectivity index (χ2v) is 4.86. The Morgan fingerprint density at radius 1 is 1.33 bits per heavy atom. The van der Waals surface area contributed by atoms with Gasteiger partial charge in [-0.3, -0.25) is 0 Å². The highest BCUT2D eigenvalue weighted by Gasteiger charge is 2.52. The van der Waals surface area contributed by atoms with Gasteiger partial charge in [0, 0.05) is 11.0 Å². The average Bonchev–Trinajstić information content (AvgIpc) is 2.84. The van der Waals surface area contributed by atoms with Crippen LogP contribution < -0.4 is 9.47 Å². The van der Waals surface area contributed by atoms with E-state index in [0.717, 1.165) is 18.1 Å². The van der Waals surface area contributed by atoms with Crippen LogP contribution in [0.3, 0.4) is 0 Å². The van der Waals surface area contributed by atoms with Gasteiger partial charge >= 0.3 is 0 Å². The van der Waals surface area contributed by atoms with Crippen LogP contribution in [-0.4, -0.2) is 12.7 Å². The van der Waals surface area contributed by atoms with Gasteiger partial charge in [-0.25, -0.2) is 0 Å². The predicted molar refractivity (Wildman–Crippen MR) is 58.6 cm³/mol. The number of benzene rings is 1. The Morgan fingerprint density at radius 3 is 2.80 bits per heavy atom. The van der Waals surface area contributed by atoms with E-state index in [1.807, 2.05) is 6.07 Å². The molecule has 0 N–H and O–H groups in total. The van der Waals surface area contributed by atoms with Gasteiger partial charge in [0.05, 0.1) is 12.7 Å². The van der Waals surface area contributed by atoms with Gasteiger partial charge in [-0.1, -0.05) is 6.07 Å². The van der Waals surface area contributed by atoms with E-state index in [9.17, 15) is 0 Å². The SMILES string of the molecule is CC(C)Oc1cccc2c1C1(CC1)CO2. The van der Waals surface area contributed by atoms with Gasteiger partial charge in [-0.05, 0) is 38.8 Å². The Morgan fingerprint density at radius 2 is 2.13 bits per heavy atom. The maximum Gasteiger partial charge on any atom is 0.127 e. The molecule has 2 heteroatoms. The Balaban J connectivity index is 2.05. The first-order valence-corrected chi connectivity index (χ1v) is 5.64. The van der Waals surface area contributed by atoms with Gasteiger partial charge in [-0.15, -0.1) is 0 Å². The molecule has 1 fully saturated rings. The molecule has 1 saturated carbocycles. The van der Waals surface area contributed by atoms with Crippen molar-refractivity contribution >= 4 is 0 Å². The van der Waals surface area contributed by atoms with Gasteiger partial charge in [0.25, 0.3) is 0 Å². The van der Waals surface area contributed by atoms with E-state index in [0.29, 0.717) is 5.41 Å². The van der Waals surface area contributed by atoms with Crippen molar-refractivity contribution in [2.24, 2.45) is 0 Å². The maximum atomic E-state index is 5.85. The Kier molecular flexibility index (Phi) is 1.76. The van der Waals surface area contributed by atoms with E-state index >= 15 is 0 Å². The summed E-state index contributed by atoms with van der Waals surface area (Å²) in [6.07, 6.45) is 2.73. The zero-order valence-electron chi connectivity index (χ0n) is 9.25. The van der Waals surface area contributed by atoms with Crippen molar-refractivity contribution in [3.8, 4) is 11.5 Å². The summed E-state index contributed by atoms with van der Waals surface area (Å²) in [5, 5.41) is 0. The van der Waals surface area contributed by atoms with Crippen molar-refractivity contribution in [1.29, 1.82) is 0 Å². The minimum atomic E-state index is 0.230. The normalized spacial score (nSPS) is 20.2. The third-order valence-electron chi connectivity index (χ3n) is 3.24. The second kappa shape index (κ2) is 2.91. The molecule has 15 heavy (non-hydrogen) atoms. The van der Waals surface area contributed by atoms with E-state index < -0.39 is 0 Å². The summed E-state index contributed by atoms with van der Waals surface area (Å²) in [6.45, 7) is 4.98. The third-order valence-corrected chi connectivity index (χ3v) is 3.24. The fourth-order valence-corrected chi connectivity index (χ4v) is 2.34. The molecule has 0 bridgehead atoms. The molecule has 0 unspecified atom stereocenters. The highest BCUT2D eigenvalue weighted by atomic mass is 16.5. The predicted octanol–water partition coefficient (Wildman–Crippen LogP) is 2.90. The van der Waals surface area contributed by atoms with Crippen LogP contribution >= 0.6 is 0 Å². The average molecular weight is 204 g/mol. The van der Waals surface area contributed by atoms with Crippen molar-refractivity contribution in [1.82, 2.24) is 0 Å². The third kappa shape index (κ3) is 1.31. The van der Waals surface area contributed by atoms with Crippen molar-refractivity contribution in [2.45, 2.75) is 38.2 Å². The van der Waals surface area contributed by atoms with Crippen molar-refractivity contribution in [3.05, 3.63) is 23.8 Å². The fourth-order valence-electron chi connectivity index (χ4n) is 2.34. The van der Waals surface area contributed by atoms with Crippen LogP contribution in [-0.2, 0) is 5.41 Å². The molecule has 2 nitrogen and oxygen atoms in total. The lowest BCUT2D eigenvalue weighted by molar-refractivity contribution is 0.239. The zero-order valence-corrected chi connectivity index (χ0v) is 9.25. The molecule has 0 atom stereocenters. The minimum Gasteiger partial charge on any atom is -0.492 e. The molecule has 1 aliphatic heterocycles. The van der Waals surface area contributed by atoms with Crippen LogP contribution in [0.1, 0.15) is 32.3 Å². The number of hydrogen-bond acceptors (Lipinski definition) is 2. The van der Waals surface area contributed by atoms with Crippen LogP contribution in [0.25, 0.3) is 0 Å². The summed E-state index contributed by atoms with van der Waals surface area (Å²) in [7, 11) is 0. The van der Waals surface area contributed by atoms with Gasteiger partial charge in [0.1, 0.15) is 11.5 Å². The Labute approximate surface area is 90.2 Å². The van der Waals surface area contributed by atoms with Gasteiger partial charge in [0.15, 0.2) is 0 Å². The van der Waals surface area contributed by atoms with Gasteiger partial charge < -0.3 is 9.47 Å². The summed E-state index contributed by atoms with van der Waals surface area (Å²) in [5.41, 5.74) is 1.62. The smallest absolute Gasteiger partial charge is 0.127 e. The minimum absolute atomic E-state index is 0.230. The molecule has 0 aromatic heterocycles. The molecule has 0 saturated heterocycles. The van der Waals surface area contributed by atoms with Crippen molar-refractivity contribution < 1.29 is 9.47 Å². The van der Waals surface area contributed by atoms with Crippen molar-refractivity contribution in [3.63, 3.8) is 0 Å². The molecule has 1 aliphatic carbocycles. The quantitative estimate of drug-likeness (QED) is 0.737. The summed E-state index contributed by atoms with van der Waals surface area (Å²) < 4.78 is 11.6. The van der Waals surface area contributed by atoms with E-state index in [1.165, 1.54) is 18.4 Å². The highest BCUT2D eigenvalue weighted by Crippen LogP contribution is 2.58. The lowest BCUT2D eigenvalue weighted by Crippen LogP contribution is -2.12. The molecule has 0 radical (unpaired) electrons. The van der Waals surface area contributed by atoms with Crippen LogP contribution in [0.5, 0.6) is 11.5 Å². The van der Waals surface area contributed by atoms with E-state index in [2.05, 4.69) is 26.0 Å². The van der Waals surface area contributed by atoms with Crippen LogP contribution in [0.15, 0.2) is 18.2 Å². The first-order valence-electron chi connectivity index (χ1n) is 5.64. The fraction of sp³-hybridized carbons (Fsp3) is 0.538. The first kappa shape index (κ1) is 9.08. The van der Waals surface area contributed by atoms with Crippen LogP contribution in [0.2, 0.25) is 0 Å². The molecule has 0 amide bonds. The summed E-state index contributed by atoms with van der Waals surface area (Å²) in [4.78, 5) is 0. The maximum absolute atomic E-state index is 5.85. The van der Waals surface area contributed by atoms with Gasteiger partial charge in [-0.2, -0.15) is 0 Å². The van der Waals surface area contributed by atoms with E-state index in [4.69, 9.17) is 9.47 Å². The highest BCUT2D eigenvalue weighted by molar-refractivity contribution is 5.55. The summed E-state index contributed by atoms with van der Waals surface area (Å²) in [6, 6.07) is 6.13. The van der Waals surface area contributed by atoms with Gasteiger partial charge in [0.2, 0.25) is 0 Å². The molecule has 1 aromatic rings. The van der Waals surface area contributed by atoms with Crippen LogP contribution in [0, 0.1) is 0 Å². The molecule has 3 rings (SSSR count). The molecule has 1 heterocycles. The lowest BCUT2D eigenvalue weighted by atomic mass is 9.97. The number of ether oxygens (including phenoxy) is 2. The molecule has 80 valence electrons. The molecular weight excluding hydrogens is 188 g/mol. The monoisotopic (exact) mass is 204 g/mol. The topological polar surface area (TPSA) is 18.5 Å². The standard InChI is InChI=1S/C13H16O2/c1-9(2)15-11-5-3-4-10-12(11)13(6-7-13)8-14-10/h3-5,9H,6-8H2,1-2H3.